The van der Waals surface area contributed by atoms with Gasteiger partial charge in [0.2, 0.25) is 0 Å². The van der Waals surface area contributed by atoms with Gasteiger partial charge in [-0.25, -0.2) is 9.59 Å². The highest BCUT2D eigenvalue weighted by Gasteiger charge is 2.41. The normalized spacial score (nSPS) is 15.6. The van der Waals surface area contributed by atoms with Crippen LogP contribution in [0.2, 0.25) is 0 Å². The molecule has 172 valence electrons. The lowest BCUT2D eigenvalue weighted by molar-refractivity contribution is -0.150. The Balaban J connectivity index is 1.69. The van der Waals surface area contributed by atoms with Gasteiger partial charge in [-0.3, -0.25) is 14.5 Å². The molecule has 0 radical (unpaired) electrons. The maximum Gasteiger partial charge on any atom is 0.335 e. The molecule has 3 rings (SSSR count). The van der Waals surface area contributed by atoms with Crippen molar-refractivity contribution in [2.24, 2.45) is 0 Å². The van der Waals surface area contributed by atoms with Crippen molar-refractivity contribution in [1.82, 2.24) is 4.90 Å². The number of carboxylic acid groups (broad SMARTS) is 1. The number of hydrogen-bond acceptors (Lipinski definition) is 7. The van der Waals surface area contributed by atoms with E-state index in [0.29, 0.717) is 11.3 Å². The van der Waals surface area contributed by atoms with Crippen LogP contribution in [0.25, 0.3) is 6.08 Å². The summed E-state index contributed by atoms with van der Waals surface area (Å²) in [4.78, 5) is 49.0. The number of aromatic carboxylic acids is 1. The van der Waals surface area contributed by atoms with Crippen LogP contribution in [0.4, 0.5) is 4.79 Å². The van der Waals surface area contributed by atoms with E-state index in [1.54, 1.807) is 37.3 Å². The molecule has 2 aromatic rings. The van der Waals surface area contributed by atoms with Crippen LogP contribution < -0.4 is 4.74 Å². The van der Waals surface area contributed by atoms with Crippen LogP contribution >= 0.6 is 34.4 Å². The van der Waals surface area contributed by atoms with E-state index in [0.717, 1.165) is 25.8 Å². The Hall–Kier alpha value is -2.86. The Bertz CT molecular complexity index is 1130. The summed E-state index contributed by atoms with van der Waals surface area (Å²) in [6.45, 7) is 3.54. The molecule has 1 saturated heterocycles. The largest absolute Gasteiger partial charge is 0.488 e. The number of benzene rings is 2. The average molecular weight is 581 g/mol. The van der Waals surface area contributed by atoms with Crippen LogP contribution in [0.3, 0.4) is 0 Å². The maximum absolute atomic E-state index is 12.7. The van der Waals surface area contributed by atoms with Crippen molar-refractivity contribution in [2.45, 2.75) is 26.5 Å². The molecule has 1 aliphatic rings. The molecule has 1 N–H and O–H groups in total. The zero-order chi connectivity index (χ0) is 24.1. The van der Waals surface area contributed by atoms with Gasteiger partial charge in [-0.05, 0) is 89.7 Å². The molecular weight excluding hydrogens is 561 g/mol. The van der Waals surface area contributed by atoms with Gasteiger partial charge in [0.1, 0.15) is 18.4 Å². The first kappa shape index (κ1) is 24.8. The zero-order valence-electron chi connectivity index (χ0n) is 17.7. The fourth-order valence-electron chi connectivity index (χ4n) is 2.96. The number of carbonyl (C=O) groups is 4. The SMILES string of the molecule is CCOC(=O)[C@H](C)N1C(=O)S/C(=C/c2ccc(OCc3ccc(C(=O)O)cc3)c(I)c2)C1=O. The van der Waals surface area contributed by atoms with Crippen LogP contribution in [0.1, 0.15) is 35.3 Å². The molecule has 0 unspecified atom stereocenters. The third-order valence-electron chi connectivity index (χ3n) is 4.69. The molecule has 0 aliphatic carbocycles. The summed E-state index contributed by atoms with van der Waals surface area (Å²) in [6, 6.07) is 10.8. The Morgan fingerprint density at radius 3 is 2.48 bits per heavy atom. The number of carbonyl (C=O) groups excluding carboxylic acids is 3. The fraction of sp³-hybridized carbons (Fsp3) is 0.217. The van der Waals surface area contributed by atoms with Gasteiger partial charge in [0.05, 0.1) is 20.6 Å². The second-order valence-electron chi connectivity index (χ2n) is 6.96. The molecule has 1 atom stereocenters. The lowest BCUT2D eigenvalue weighted by atomic mass is 10.1. The number of amides is 2. The topological polar surface area (TPSA) is 110 Å². The summed E-state index contributed by atoms with van der Waals surface area (Å²) < 4.78 is 11.5. The van der Waals surface area contributed by atoms with Crippen molar-refractivity contribution >= 4 is 63.5 Å². The molecule has 1 aliphatic heterocycles. The number of hydrogen-bond donors (Lipinski definition) is 1. The molecule has 2 amide bonds. The number of esters is 1. The second kappa shape index (κ2) is 10.8. The third kappa shape index (κ3) is 5.93. The smallest absolute Gasteiger partial charge is 0.335 e. The number of rotatable bonds is 8. The Kier molecular flexibility index (Phi) is 8.14. The highest BCUT2D eigenvalue weighted by Crippen LogP contribution is 2.34. The molecule has 1 heterocycles. The molecular formula is C23H20INO7S. The van der Waals surface area contributed by atoms with Crippen molar-refractivity contribution in [1.29, 1.82) is 0 Å². The van der Waals surface area contributed by atoms with E-state index in [2.05, 4.69) is 22.6 Å². The van der Waals surface area contributed by atoms with E-state index in [-0.39, 0.29) is 23.7 Å². The first-order chi connectivity index (χ1) is 15.7. The van der Waals surface area contributed by atoms with E-state index in [1.165, 1.54) is 19.1 Å². The Morgan fingerprint density at radius 1 is 1.18 bits per heavy atom. The van der Waals surface area contributed by atoms with Crippen molar-refractivity contribution < 1.29 is 33.8 Å². The molecule has 0 spiro atoms. The number of halogens is 1. The van der Waals surface area contributed by atoms with Gasteiger partial charge in [0.15, 0.2) is 0 Å². The van der Waals surface area contributed by atoms with E-state index >= 15 is 0 Å². The van der Waals surface area contributed by atoms with Gasteiger partial charge in [-0.15, -0.1) is 0 Å². The van der Waals surface area contributed by atoms with Crippen LogP contribution in [0.15, 0.2) is 47.4 Å². The van der Waals surface area contributed by atoms with Gasteiger partial charge >= 0.3 is 11.9 Å². The van der Waals surface area contributed by atoms with Crippen molar-refractivity contribution in [3.8, 4) is 5.75 Å². The van der Waals surface area contributed by atoms with Gasteiger partial charge in [0, 0.05) is 0 Å². The predicted octanol–water partition coefficient (Wildman–Crippen LogP) is 4.56. The van der Waals surface area contributed by atoms with Crippen molar-refractivity contribution in [2.75, 3.05) is 6.61 Å². The van der Waals surface area contributed by atoms with Crippen molar-refractivity contribution in [3.63, 3.8) is 0 Å². The molecule has 0 aromatic heterocycles. The highest BCUT2D eigenvalue weighted by molar-refractivity contribution is 14.1. The highest BCUT2D eigenvalue weighted by atomic mass is 127. The van der Waals surface area contributed by atoms with Crippen molar-refractivity contribution in [3.05, 3.63) is 67.6 Å². The maximum atomic E-state index is 12.7. The monoisotopic (exact) mass is 581 g/mol. The summed E-state index contributed by atoms with van der Waals surface area (Å²) in [7, 11) is 0. The molecule has 1 fully saturated rings. The fourth-order valence-corrected chi connectivity index (χ4v) is 4.57. The van der Waals surface area contributed by atoms with Crippen LogP contribution in [-0.2, 0) is 20.9 Å². The molecule has 33 heavy (non-hydrogen) atoms. The summed E-state index contributed by atoms with van der Waals surface area (Å²) >= 11 is 2.89. The summed E-state index contributed by atoms with van der Waals surface area (Å²) in [5.74, 6) is -1.53. The Labute approximate surface area is 208 Å². The minimum atomic E-state index is -0.996. The molecule has 2 aromatic carbocycles. The summed E-state index contributed by atoms with van der Waals surface area (Å²) in [5.41, 5.74) is 1.73. The molecule has 0 saturated carbocycles. The standard InChI is InChI=1S/C23H20INO7S/c1-3-31-22(29)13(2)25-20(26)19(33-23(25)30)11-15-6-9-18(17(24)10-15)32-12-14-4-7-16(8-5-14)21(27)28/h4-11,13H,3,12H2,1-2H3,(H,27,28)/b19-11+/t13-/m0/s1. The molecule has 8 nitrogen and oxygen atoms in total. The molecule has 0 bridgehead atoms. The van der Waals surface area contributed by atoms with Gasteiger partial charge in [-0.2, -0.15) is 0 Å². The zero-order valence-corrected chi connectivity index (χ0v) is 20.7. The average Bonchev–Trinajstić information content (AvgIpc) is 3.05. The van der Waals surface area contributed by atoms with Gasteiger partial charge in [0.25, 0.3) is 11.1 Å². The first-order valence-corrected chi connectivity index (χ1v) is 11.8. The summed E-state index contributed by atoms with van der Waals surface area (Å²) in [6.07, 6.45) is 1.60. The number of nitrogens with zero attached hydrogens (tertiary/aromatic N) is 1. The minimum absolute atomic E-state index is 0.162. The van der Waals surface area contributed by atoms with E-state index in [4.69, 9.17) is 14.6 Å². The Morgan fingerprint density at radius 2 is 1.88 bits per heavy atom. The lowest BCUT2D eigenvalue weighted by Crippen LogP contribution is -2.42. The van der Waals surface area contributed by atoms with E-state index in [1.807, 2.05) is 6.07 Å². The first-order valence-electron chi connectivity index (χ1n) is 9.89. The second-order valence-corrected chi connectivity index (χ2v) is 9.12. The number of thioether (sulfide) groups is 1. The third-order valence-corrected chi connectivity index (χ3v) is 6.41. The van der Waals surface area contributed by atoms with Crippen LogP contribution in [-0.4, -0.2) is 45.7 Å². The lowest BCUT2D eigenvalue weighted by Gasteiger charge is -2.19. The van der Waals surface area contributed by atoms with Gasteiger partial charge in [-0.1, -0.05) is 18.2 Å². The van der Waals surface area contributed by atoms with E-state index in [9.17, 15) is 19.2 Å². The minimum Gasteiger partial charge on any atom is -0.488 e. The number of carboxylic acids is 1. The van der Waals surface area contributed by atoms with Gasteiger partial charge < -0.3 is 14.6 Å². The number of imide groups is 1. The predicted molar refractivity (Wildman–Crippen MR) is 131 cm³/mol. The summed E-state index contributed by atoms with van der Waals surface area (Å²) in [5, 5.41) is 8.45. The molecule has 10 heteroatoms. The number of ether oxygens (including phenoxy) is 2. The van der Waals surface area contributed by atoms with Crippen LogP contribution in [0, 0.1) is 3.57 Å². The van der Waals surface area contributed by atoms with E-state index < -0.39 is 29.1 Å². The quantitative estimate of drug-likeness (QED) is 0.275. The van der Waals surface area contributed by atoms with Crippen LogP contribution in [0.5, 0.6) is 5.75 Å².